The fourth-order valence-electron chi connectivity index (χ4n) is 1.19. The molecule has 0 saturated carbocycles. The van der Waals surface area contributed by atoms with Crippen LogP contribution in [0.1, 0.15) is 16.7 Å². The molecule has 0 saturated heterocycles. The highest BCUT2D eigenvalue weighted by Gasteiger charge is 1.98. The lowest BCUT2D eigenvalue weighted by Gasteiger charge is -2.08. The van der Waals surface area contributed by atoms with Gasteiger partial charge in [-0.3, -0.25) is 0 Å². The number of aliphatic hydroxyl groups excluding tert-OH is 1. The minimum absolute atomic E-state index is 0.174. The minimum atomic E-state index is -0.887. The molecular weight excluding hydrogens is 178 g/mol. The molecule has 1 unspecified atom stereocenters. The van der Waals surface area contributed by atoms with Crippen molar-refractivity contribution in [3.05, 3.63) is 34.9 Å². The van der Waals surface area contributed by atoms with Crippen molar-refractivity contribution in [1.29, 1.82) is 0 Å². The van der Waals surface area contributed by atoms with Gasteiger partial charge in [0.25, 0.3) is 0 Å². The number of rotatable bonds is 4. The van der Waals surface area contributed by atoms with Crippen LogP contribution in [-0.4, -0.2) is 17.9 Å². The lowest BCUT2D eigenvalue weighted by atomic mass is 10.1. The van der Waals surface area contributed by atoms with Crippen molar-refractivity contribution < 1.29 is 9.84 Å². The van der Waals surface area contributed by atoms with Gasteiger partial charge in [-0.15, -0.1) is 0 Å². The summed E-state index contributed by atoms with van der Waals surface area (Å²) in [5.74, 6) is 0. The molecular formula is C11H17NO2. The highest BCUT2D eigenvalue weighted by atomic mass is 16.5. The lowest BCUT2D eigenvalue weighted by Crippen LogP contribution is -2.24. The maximum atomic E-state index is 8.78. The molecule has 1 aromatic carbocycles. The molecule has 1 rings (SSSR count). The SMILES string of the molecule is Cc1ccc(COCC(N)O)cc1C. The summed E-state index contributed by atoms with van der Waals surface area (Å²) in [5, 5.41) is 8.78. The zero-order valence-corrected chi connectivity index (χ0v) is 8.66. The number of nitrogens with two attached hydrogens (primary N) is 1. The monoisotopic (exact) mass is 195 g/mol. The van der Waals surface area contributed by atoms with E-state index in [0.29, 0.717) is 6.61 Å². The Morgan fingerprint density at radius 1 is 1.36 bits per heavy atom. The fraction of sp³-hybridized carbons (Fsp3) is 0.455. The molecule has 14 heavy (non-hydrogen) atoms. The number of aryl methyl sites for hydroxylation is 2. The summed E-state index contributed by atoms with van der Waals surface area (Å²) in [6, 6.07) is 6.16. The predicted octanol–water partition coefficient (Wildman–Crippen LogP) is 1.10. The van der Waals surface area contributed by atoms with Gasteiger partial charge in [-0.1, -0.05) is 18.2 Å². The largest absolute Gasteiger partial charge is 0.376 e. The first kappa shape index (κ1) is 11.2. The maximum absolute atomic E-state index is 8.78. The molecule has 3 N–H and O–H groups in total. The van der Waals surface area contributed by atoms with Crippen LogP contribution < -0.4 is 5.73 Å². The lowest BCUT2D eigenvalue weighted by molar-refractivity contribution is 0.0318. The molecule has 3 nitrogen and oxygen atoms in total. The highest BCUT2D eigenvalue weighted by Crippen LogP contribution is 2.10. The van der Waals surface area contributed by atoms with Gasteiger partial charge < -0.3 is 15.6 Å². The van der Waals surface area contributed by atoms with E-state index in [2.05, 4.69) is 26.0 Å². The summed E-state index contributed by atoms with van der Waals surface area (Å²) in [6.45, 7) is 4.81. The van der Waals surface area contributed by atoms with E-state index < -0.39 is 6.23 Å². The summed E-state index contributed by atoms with van der Waals surface area (Å²) >= 11 is 0. The Hall–Kier alpha value is -0.900. The number of hydrogen-bond acceptors (Lipinski definition) is 3. The van der Waals surface area contributed by atoms with Crippen LogP contribution >= 0.6 is 0 Å². The summed E-state index contributed by atoms with van der Waals surface area (Å²) in [4.78, 5) is 0. The molecule has 0 aliphatic heterocycles. The molecule has 0 aromatic heterocycles. The summed E-state index contributed by atoms with van der Waals surface area (Å²) in [6.07, 6.45) is -0.887. The third-order valence-electron chi connectivity index (χ3n) is 2.13. The number of ether oxygens (including phenoxy) is 1. The van der Waals surface area contributed by atoms with Gasteiger partial charge in [0.2, 0.25) is 0 Å². The fourth-order valence-corrected chi connectivity index (χ4v) is 1.19. The second-order valence-electron chi connectivity index (χ2n) is 3.50. The Balaban J connectivity index is 2.47. The quantitative estimate of drug-likeness (QED) is 0.707. The molecule has 0 aliphatic carbocycles. The van der Waals surface area contributed by atoms with E-state index in [1.165, 1.54) is 11.1 Å². The molecule has 0 spiro atoms. The third kappa shape index (κ3) is 3.46. The van der Waals surface area contributed by atoms with Crippen LogP contribution in [0.2, 0.25) is 0 Å². The van der Waals surface area contributed by atoms with Gasteiger partial charge in [0.05, 0.1) is 13.2 Å². The van der Waals surface area contributed by atoms with Crippen LogP contribution in [0.3, 0.4) is 0 Å². The van der Waals surface area contributed by atoms with Gasteiger partial charge in [0.15, 0.2) is 0 Å². The van der Waals surface area contributed by atoms with Crippen molar-refractivity contribution in [2.24, 2.45) is 5.73 Å². The van der Waals surface area contributed by atoms with E-state index in [-0.39, 0.29) is 6.61 Å². The third-order valence-corrected chi connectivity index (χ3v) is 2.13. The Labute approximate surface area is 84.5 Å². The average Bonchev–Trinajstić information content (AvgIpc) is 2.10. The van der Waals surface area contributed by atoms with Gasteiger partial charge in [-0.2, -0.15) is 0 Å². The number of benzene rings is 1. The smallest absolute Gasteiger partial charge is 0.126 e. The van der Waals surface area contributed by atoms with Crippen LogP contribution in [0.5, 0.6) is 0 Å². The standard InChI is InChI=1S/C11H17NO2/c1-8-3-4-10(5-9(8)2)6-14-7-11(12)13/h3-5,11,13H,6-7,12H2,1-2H3. The van der Waals surface area contributed by atoms with Crippen molar-refractivity contribution in [1.82, 2.24) is 0 Å². The molecule has 0 aliphatic rings. The van der Waals surface area contributed by atoms with Crippen molar-refractivity contribution in [2.45, 2.75) is 26.7 Å². The van der Waals surface area contributed by atoms with E-state index in [9.17, 15) is 0 Å². The Kier molecular flexibility index (Phi) is 4.07. The second kappa shape index (κ2) is 5.10. The van der Waals surface area contributed by atoms with Crippen LogP contribution in [0.25, 0.3) is 0 Å². The minimum Gasteiger partial charge on any atom is -0.376 e. The molecule has 0 radical (unpaired) electrons. The summed E-state index contributed by atoms with van der Waals surface area (Å²) in [5.41, 5.74) is 8.77. The van der Waals surface area contributed by atoms with Gasteiger partial charge in [-0.05, 0) is 30.5 Å². The first-order valence-electron chi connectivity index (χ1n) is 4.67. The molecule has 0 fully saturated rings. The Bertz CT molecular complexity index is 297. The molecule has 0 bridgehead atoms. The second-order valence-corrected chi connectivity index (χ2v) is 3.50. The van der Waals surface area contributed by atoms with E-state index in [0.717, 1.165) is 5.56 Å². The van der Waals surface area contributed by atoms with Crippen LogP contribution in [0, 0.1) is 13.8 Å². The van der Waals surface area contributed by atoms with E-state index >= 15 is 0 Å². The molecule has 0 amide bonds. The first-order valence-corrected chi connectivity index (χ1v) is 4.67. The normalized spacial score (nSPS) is 12.9. The average molecular weight is 195 g/mol. The highest BCUT2D eigenvalue weighted by molar-refractivity contribution is 5.29. The molecule has 78 valence electrons. The van der Waals surface area contributed by atoms with Crippen molar-refractivity contribution in [3.8, 4) is 0 Å². The zero-order chi connectivity index (χ0) is 10.6. The topological polar surface area (TPSA) is 55.5 Å². The summed E-state index contributed by atoms with van der Waals surface area (Å²) < 4.78 is 5.20. The van der Waals surface area contributed by atoms with Gasteiger partial charge in [-0.25, -0.2) is 0 Å². The maximum Gasteiger partial charge on any atom is 0.126 e. The van der Waals surface area contributed by atoms with Gasteiger partial charge >= 0.3 is 0 Å². The van der Waals surface area contributed by atoms with Crippen LogP contribution in [0.4, 0.5) is 0 Å². The molecule has 0 heterocycles. The Morgan fingerprint density at radius 3 is 2.64 bits per heavy atom. The molecule has 1 atom stereocenters. The van der Waals surface area contributed by atoms with Crippen LogP contribution in [0.15, 0.2) is 18.2 Å². The Morgan fingerprint density at radius 2 is 2.07 bits per heavy atom. The van der Waals surface area contributed by atoms with Crippen LogP contribution in [-0.2, 0) is 11.3 Å². The number of aliphatic hydroxyl groups is 1. The van der Waals surface area contributed by atoms with E-state index in [4.69, 9.17) is 15.6 Å². The summed E-state index contributed by atoms with van der Waals surface area (Å²) in [7, 11) is 0. The molecule has 1 aromatic rings. The van der Waals surface area contributed by atoms with Crippen molar-refractivity contribution in [3.63, 3.8) is 0 Å². The van der Waals surface area contributed by atoms with Gasteiger partial charge in [0.1, 0.15) is 6.23 Å². The van der Waals surface area contributed by atoms with Gasteiger partial charge in [0, 0.05) is 0 Å². The zero-order valence-electron chi connectivity index (χ0n) is 8.66. The first-order chi connectivity index (χ1) is 6.59. The molecule has 3 heteroatoms. The predicted molar refractivity (Wildman–Crippen MR) is 55.8 cm³/mol. The van der Waals surface area contributed by atoms with Crippen molar-refractivity contribution in [2.75, 3.05) is 6.61 Å². The number of hydrogen-bond donors (Lipinski definition) is 2. The van der Waals surface area contributed by atoms with E-state index in [1.807, 2.05) is 6.07 Å². The van der Waals surface area contributed by atoms with Crippen molar-refractivity contribution >= 4 is 0 Å². The van der Waals surface area contributed by atoms with E-state index in [1.54, 1.807) is 0 Å².